The van der Waals surface area contributed by atoms with Gasteiger partial charge in [-0.1, -0.05) is 17.7 Å². The maximum atomic E-state index is 12.8. The first-order valence-corrected chi connectivity index (χ1v) is 11.8. The maximum absolute atomic E-state index is 12.8. The molecule has 0 N–H and O–H groups in total. The van der Waals surface area contributed by atoms with Gasteiger partial charge in [0.1, 0.15) is 0 Å². The molecule has 7 nitrogen and oxygen atoms in total. The van der Waals surface area contributed by atoms with Gasteiger partial charge in [0.25, 0.3) is 0 Å². The summed E-state index contributed by atoms with van der Waals surface area (Å²) in [6.07, 6.45) is 3.34. The molecule has 0 unspecified atom stereocenters. The molecule has 0 saturated carbocycles. The standard InChI is InChI=1S/C22H25ClN2O5S/c1-4-9-25-15(2)12-18(16(25)3)21(26)14-30-22(27)19-13-17(7-8-20(19)23)31(28,29)24-10-5-6-11-24/h4,7-8,12-13H,1,5-6,9-11,14H2,2-3H3. The third-order valence-electron chi connectivity index (χ3n) is 5.38. The Morgan fingerprint density at radius 1 is 1.16 bits per heavy atom. The van der Waals surface area contributed by atoms with E-state index in [1.54, 1.807) is 12.1 Å². The highest BCUT2D eigenvalue weighted by atomic mass is 35.5. The molecule has 166 valence electrons. The number of ketones is 1. The second-order valence-corrected chi connectivity index (χ2v) is 9.78. The summed E-state index contributed by atoms with van der Waals surface area (Å²) in [5.74, 6) is -1.20. The van der Waals surface area contributed by atoms with E-state index in [9.17, 15) is 18.0 Å². The van der Waals surface area contributed by atoms with Crippen molar-refractivity contribution in [3.05, 3.63) is 64.5 Å². The van der Waals surface area contributed by atoms with E-state index in [2.05, 4.69) is 6.58 Å². The van der Waals surface area contributed by atoms with E-state index in [-0.39, 0.29) is 21.3 Å². The largest absolute Gasteiger partial charge is 0.454 e. The van der Waals surface area contributed by atoms with Crippen molar-refractivity contribution >= 4 is 33.4 Å². The number of halogens is 1. The van der Waals surface area contributed by atoms with Crippen LogP contribution in [-0.2, 0) is 21.3 Å². The Morgan fingerprint density at radius 3 is 2.48 bits per heavy atom. The van der Waals surface area contributed by atoms with Gasteiger partial charge in [0.2, 0.25) is 15.8 Å². The monoisotopic (exact) mass is 464 g/mol. The number of esters is 1. The highest BCUT2D eigenvalue weighted by molar-refractivity contribution is 7.89. The van der Waals surface area contributed by atoms with E-state index in [4.69, 9.17) is 16.3 Å². The number of sulfonamides is 1. The zero-order valence-corrected chi connectivity index (χ0v) is 19.1. The van der Waals surface area contributed by atoms with Crippen LogP contribution in [0.5, 0.6) is 0 Å². The van der Waals surface area contributed by atoms with E-state index < -0.39 is 22.6 Å². The lowest BCUT2D eigenvalue weighted by molar-refractivity contribution is 0.0474. The predicted molar refractivity (Wildman–Crippen MR) is 118 cm³/mol. The fourth-order valence-electron chi connectivity index (χ4n) is 3.68. The maximum Gasteiger partial charge on any atom is 0.340 e. The van der Waals surface area contributed by atoms with E-state index in [1.807, 2.05) is 18.4 Å². The second-order valence-electron chi connectivity index (χ2n) is 7.44. The first kappa shape index (κ1) is 23.2. The summed E-state index contributed by atoms with van der Waals surface area (Å²) in [4.78, 5) is 25.2. The Balaban J connectivity index is 1.76. The Hall–Kier alpha value is -2.42. The predicted octanol–water partition coefficient (Wildman–Crippen LogP) is 3.77. The molecular formula is C22H25ClN2O5S. The second kappa shape index (κ2) is 9.38. The number of carbonyl (C=O) groups is 2. The lowest BCUT2D eigenvalue weighted by Crippen LogP contribution is -2.28. The van der Waals surface area contributed by atoms with Gasteiger partial charge in [0.15, 0.2) is 6.61 Å². The van der Waals surface area contributed by atoms with Gasteiger partial charge >= 0.3 is 5.97 Å². The van der Waals surface area contributed by atoms with Crippen LogP contribution in [0.15, 0.2) is 41.8 Å². The third-order valence-corrected chi connectivity index (χ3v) is 7.60. The Kier molecular flexibility index (Phi) is 7.03. The normalized spacial score (nSPS) is 14.5. The van der Waals surface area contributed by atoms with Crippen molar-refractivity contribution in [3.8, 4) is 0 Å². The molecule has 1 aromatic heterocycles. The quantitative estimate of drug-likeness (QED) is 0.337. The van der Waals surface area contributed by atoms with Gasteiger partial charge in [-0.25, -0.2) is 13.2 Å². The molecule has 2 heterocycles. The average molecular weight is 465 g/mol. The number of carbonyl (C=O) groups excluding carboxylic acids is 2. The topological polar surface area (TPSA) is 85.7 Å². The molecule has 1 saturated heterocycles. The number of rotatable bonds is 8. The molecule has 1 aliphatic heterocycles. The zero-order chi connectivity index (χ0) is 22.8. The fourth-order valence-corrected chi connectivity index (χ4v) is 5.42. The Morgan fingerprint density at radius 2 is 1.84 bits per heavy atom. The van der Waals surface area contributed by atoms with Crippen molar-refractivity contribution in [1.29, 1.82) is 0 Å². The summed E-state index contributed by atoms with van der Waals surface area (Å²) in [5.41, 5.74) is 2.03. The zero-order valence-electron chi connectivity index (χ0n) is 17.6. The lowest BCUT2D eigenvalue weighted by atomic mass is 10.1. The molecule has 0 aliphatic carbocycles. The highest BCUT2D eigenvalue weighted by Crippen LogP contribution is 2.26. The summed E-state index contributed by atoms with van der Waals surface area (Å²) >= 11 is 6.11. The first-order chi connectivity index (χ1) is 14.7. The molecule has 1 fully saturated rings. The van der Waals surface area contributed by atoms with Gasteiger partial charge in [-0.3, -0.25) is 4.79 Å². The number of nitrogens with zero attached hydrogens (tertiary/aromatic N) is 2. The van der Waals surface area contributed by atoms with Crippen LogP contribution in [0.25, 0.3) is 0 Å². The molecule has 3 rings (SSSR count). The number of benzene rings is 1. The van der Waals surface area contributed by atoms with Crippen LogP contribution < -0.4 is 0 Å². The fraction of sp³-hybridized carbons (Fsp3) is 0.364. The molecule has 0 spiro atoms. The van der Waals surface area contributed by atoms with Crippen LogP contribution in [0.2, 0.25) is 5.02 Å². The first-order valence-electron chi connectivity index (χ1n) is 9.94. The molecule has 0 amide bonds. The summed E-state index contributed by atoms with van der Waals surface area (Å²) in [5, 5.41) is 0.0574. The van der Waals surface area contributed by atoms with Crippen LogP contribution in [0.1, 0.15) is 44.9 Å². The van der Waals surface area contributed by atoms with E-state index in [0.717, 1.165) is 24.2 Å². The van der Waals surface area contributed by atoms with Crippen molar-refractivity contribution in [1.82, 2.24) is 8.87 Å². The third kappa shape index (κ3) is 4.76. The van der Waals surface area contributed by atoms with Crippen molar-refractivity contribution in [3.63, 3.8) is 0 Å². The molecule has 1 aliphatic rings. The number of ether oxygens (including phenoxy) is 1. The molecule has 0 radical (unpaired) electrons. The molecule has 31 heavy (non-hydrogen) atoms. The van der Waals surface area contributed by atoms with Gasteiger partial charge in [-0.2, -0.15) is 4.31 Å². The van der Waals surface area contributed by atoms with Gasteiger partial charge in [-0.05, 0) is 51.0 Å². The number of hydrogen-bond acceptors (Lipinski definition) is 5. The number of allylic oxidation sites excluding steroid dienone is 1. The number of Topliss-reactive ketones (excluding diaryl/α,β-unsaturated/α-hetero) is 1. The van der Waals surface area contributed by atoms with Crippen LogP contribution in [0, 0.1) is 13.8 Å². The van der Waals surface area contributed by atoms with E-state index in [0.29, 0.717) is 25.2 Å². The van der Waals surface area contributed by atoms with Crippen LogP contribution >= 0.6 is 11.6 Å². The molecule has 0 atom stereocenters. The number of aromatic nitrogens is 1. The highest BCUT2D eigenvalue weighted by Gasteiger charge is 2.28. The minimum Gasteiger partial charge on any atom is -0.454 e. The van der Waals surface area contributed by atoms with Crippen LogP contribution in [0.3, 0.4) is 0 Å². The van der Waals surface area contributed by atoms with Gasteiger partial charge < -0.3 is 9.30 Å². The van der Waals surface area contributed by atoms with Crippen molar-refractivity contribution in [2.75, 3.05) is 19.7 Å². The van der Waals surface area contributed by atoms with Gasteiger partial charge in [0, 0.05) is 36.6 Å². The summed E-state index contributed by atoms with van der Waals surface area (Å²) in [6, 6.07) is 5.67. The molecular weight excluding hydrogens is 440 g/mol. The molecule has 2 aromatic rings. The summed E-state index contributed by atoms with van der Waals surface area (Å²) in [7, 11) is -3.71. The Bertz CT molecular complexity index is 1130. The average Bonchev–Trinajstić information content (AvgIpc) is 3.37. The van der Waals surface area contributed by atoms with Crippen molar-refractivity contribution in [2.45, 2.75) is 38.1 Å². The number of aryl methyl sites for hydroxylation is 1. The van der Waals surface area contributed by atoms with Crippen LogP contribution in [-0.4, -0.2) is 48.7 Å². The smallest absolute Gasteiger partial charge is 0.340 e. The van der Waals surface area contributed by atoms with Gasteiger partial charge in [-0.15, -0.1) is 6.58 Å². The summed E-state index contributed by atoms with van der Waals surface area (Å²) < 4.78 is 34.0. The summed E-state index contributed by atoms with van der Waals surface area (Å²) in [6.45, 7) is 8.39. The lowest BCUT2D eigenvalue weighted by Gasteiger charge is -2.16. The van der Waals surface area contributed by atoms with Crippen molar-refractivity contribution in [2.24, 2.45) is 0 Å². The van der Waals surface area contributed by atoms with E-state index in [1.165, 1.54) is 22.5 Å². The SMILES string of the molecule is C=CCn1c(C)cc(C(=O)COC(=O)c2cc(S(=O)(=O)N3CCCC3)ccc2Cl)c1C. The van der Waals surface area contributed by atoms with Crippen LogP contribution in [0.4, 0.5) is 0 Å². The minimum atomic E-state index is -3.71. The Labute approximate surface area is 187 Å². The number of hydrogen-bond donors (Lipinski definition) is 0. The van der Waals surface area contributed by atoms with Gasteiger partial charge in [0.05, 0.1) is 15.5 Å². The molecule has 0 bridgehead atoms. The molecule has 9 heteroatoms. The van der Waals surface area contributed by atoms with E-state index >= 15 is 0 Å². The minimum absolute atomic E-state index is 0.0231. The van der Waals surface area contributed by atoms with Crippen molar-refractivity contribution < 1.29 is 22.7 Å². The molecule has 1 aromatic carbocycles.